The summed E-state index contributed by atoms with van der Waals surface area (Å²) in [5.74, 6) is 0.280. The molecule has 0 radical (unpaired) electrons. The Bertz CT molecular complexity index is 1210. The number of amides is 1. The van der Waals surface area contributed by atoms with Crippen LogP contribution in [0.25, 0.3) is 5.76 Å². The van der Waals surface area contributed by atoms with Gasteiger partial charge in [-0.15, -0.1) is 0 Å². The molecular formula is C30H37NO7. The van der Waals surface area contributed by atoms with Crippen LogP contribution in [0.3, 0.4) is 0 Å². The number of Topliss-reactive ketones (excluding diaryl/α,β-unsaturated/α-hetero) is 1. The van der Waals surface area contributed by atoms with Crippen LogP contribution in [0, 0.1) is 0 Å². The van der Waals surface area contributed by atoms with Gasteiger partial charge in [-0.2, -0.15) is 0 Å². The number of fused-ring (bicyclic) bond motifs is 1. The smallest absolute Gasteiger partial charge is 0.295 e. The Morgan fingerprint density at radius 2 is 1.87 bits per heavy atom. The van der Waals surface area contributed by atoms with Gasteiger partial charge in [-0.1, -0.05) is 25.8 Å². The second-order valence-electron chi connectivity index (χ2n) is 9.64. The Kier molecular flexibility index (Phi) is 8.94. The molecule has 204 valence electrons. The van der Waals surface area contributed by atoms with E-state index in [0.717, 1.165) is 30.6 Å². The van der Waals surface area contributed by atoms with Gasteiger partial charge in [0, 0.05) is 25.6 Å². The third kappa shape index (κ3) is 5.65. The molecule has 2 aromatic rings. The maximum Gasteiger partial charge on any atom is 0.295 e. The molecule has 1 N–H and O–H groups in total. The fraction of sp³-hybridized carbons (Fsp3) is 0.467. The summed E-state index contributed by atoms with van der Waals surface area (Å²) in [6, 6.07) is 9.94. The van der Waals surface area contributed by atoms with Gasteiger partial charge < -0.3 is 29.0 Å². The molecule has 8 nitrogen and oxygen atoms in total. The fourth-order valence-corrected chi connectivity index (χ4v) is 4.99. The lowest BCUT2D eigenvalue weighted by atomic mass is 9.94. The Morgan fingerprint density at radius 3 is 2.61 bits per heavy atom. The highest BCUT2D eigenvalue weighted by molar-refractivity contribution is 6.46. The SMILES string of the molecule is CCCCCOc1ccc(C2/C(=C(/O)c3ccc4c(c3)CC(C)O4)C(=O)C(=O)N2CCOC)cc1OCC. The average molecular weight is 524 g/mol. The summed E-state index contributed by atoms with van der Waals surface area (Å²) >= 11 is 0. The van der Waals surface area contributed by atoms with Gasteiger partial charge in [0.2, 0.25) is 0 Å². The topological polar surface area (TPSA) is 94.5 Å². The highest BCUT2D eigenvalue weighted by atomic mass is 16.5. The molecule has 0 bridgehead atoms. The summed E-state index contributed by atoms with van der Waals surface area (Å²) in [5.41, 5.74) is 2.11. The first-order chi connectivity index (χ1) is 18.4. The predicted molar refractivity (Wildman–Crippen MR) is 144 cm³/mol. The normalized spacial score (nSPS) is 19.9. The molecule has 2 atom stereocenters. The predicted octanol–water partition coefficient (Wildman–Crippen LogP) is 5.05. The van der Waals surface area contributed by atoms with Crippen LogP contribution in [-0.4, -0.2) is 61.3 Å². The van der Waals surface area contributed by atoms with E-state index in [1.165, 1.54) is 12.0 Å². The van der Waals surface area contributed by atoms with Crippen LogP contribution in [0.15, 0.2) is 42.0 Å². The lowest BCUT2D eigenvalue weighted by Crippen LogP contribution is -2.32. The molecule has 2 unspecified atom stereocenters. The second kappa shape index (κ2) is 12.3. The molecule has 1 amide bonds. The van der Waals surface area contributed by atoms with Gasteiger partial charge in [0.05, 0.1) is 31.4 Å². The molecule has 0 saturated carbocycles. The number of rotatable bonds is 12. The highest BCUT2D eigenvalue weighted by Gasteiger charge is 2.46. The third-order valence-electron chi connectivity index (χ3n) is 6.83. The van der Waals surface area contributed by atoms with Gasteiger partial charge in [0.25, 0.3) is 11.7 Å². The number of nitrogens with zero attached hydrogens (tertiary/aromatic N) is 1. The first-order valence-electron chi connectivity index (χ1n) is 13.4. The summed E-state index contributed by atoms with van der Waals surface area (Å²) in [6.07, 6.45) is 3.85. The van der Waals surface area contributed by atoms with Crippen molar-refractivity contribution in [3.8, 4) is 17.2 Å². The molecule has 2 aliphatic heterocycles. The van der Waals surface area contributed by atoms with Crippen LogP contribution in [-0.2, 0) is 20.7 Å². The number of benzene rings is 2. The number of carbonyl (C=O) groups is 2. The number of likely N-dealkylation sites (tertiary alicyclic amines) is 1. The summed E-state index contributed by atoms with van der Waals surface area (Å²) in [5, 5.41) is 11.4. The number of aliphatic hydroxyl groups excluding tert-OH is 1. The zero-order chi connectivity index (χ0) is 27.2. The van der Waals surface area contributed by atoms with E-state index < -0.39 is 17.7 Å². The molecule has 2 aliphatic rings. The Balaban J connectivity index is 1.76. The van der Waals surface area contributed by atoms with Crippen molar-refractivity contribution in [1.82, 2.24) is 4.90 Å². The largest absolute Gasteiger partial charge is 0.507 e. The molecule has 0 aliphatic carbocycles. The molecule has 0 spiro atoms. The van der Waals surface area contributed by atoms with Crippen molar-refractivity contribution in [2.24, 2.45) is 0 Å². The van der Waals surface area contributed by atoms with Crippen molar-refractivity contribution in [3.05, 3.63) is 58.7 Å². The van der Waals surface area contributed by atoms with Crippen molar-refractivity contribution in [2.45, 2.75) is 58.6 Å². The van der Waals surface area contributed by atoms with E-state index in [0.29, 0.717) is 42.3 Å². The van der Waals surface area contributed by atoms with Crippen molar-refractivity contribution in [2.75, 3.05) is 33.5 Å². The van der Waals surface area contributed by atoms with Crippen molar-refractivity contribution < 1.29 is 33.6 Å². The van der Waals surface area contributed by atoms with Crippen LogP contribution < -0.4 is 14.2 Å². The van der Waals surface area contributed by atoms with Crippen molar-refractivity contribution in [1.29, 1.82) is 0 Å². The molecular weight excluding hydrogens is 486 g/mol. The monoisotopic (exact) mass is 523 g/mol. The van der Waals surface area contributed by atoms with Gasteiger partial charge in [-0.25, -0.2) is 0 Å². The molecule has 38 heavy (non-hydrogen) atoms. The maximum absolute atomic E-state index is 13.3. The lowest BCUT2D eigenvalue weighted by molar-refractivity contribution is -0.140. The van der Waals surface area contributed by atoms with Crippen LogP contribution >= 0.6 is 0 Å². The second-order valence-corrected chi connectivity index (χ2v) is 9.64. The van der Waals surface area contributed by atoms with Gasteiger partial charge in [-0.05, 0) is 61.7 Å². The minimum absolute atomic E-state index is 0.0390. The summed E-state index contributed by atoms with van der Waals surface area (Å²) in [6.45, 7) is 7.43. The van der Waals surface area contributed by atoms with E-state index in [4.69, 9.17) is 18.9 Å². The number of ether oxygens (including phenoxy) is 4. The number of carbonyl (C=O) groups excluding carboxylic acids is 2. The number of hydrogen-bond acceptors (Lipinski definition) is 7. The maximum atomic E-state index is 13.3. The Morgan fingerprint density at radius 1 is 1.05 bits per heavy atom. The first kappa shape index (κ1) is 27.5. The van der Waals surface area contributed by atoms with E-state index in [9.17, 15) is 14.7 Å². The molecule has 0 aromatic heterocycles. The quantitative estimate of drug-likeness (QED) is 0.180. The van der Waals surface area contributed by atoms with E-state index in [1.54, 1.807) is 24.3 Å². The number of unbranched alkanes of at least 4 members (excludes halogenated alkanes) is 2. The number of methoxy groups -OCH3 is 1. The van der Waals surface area contributed by atoms with Gasteiger partial charge in [0.15, 0.2) is 11.5 Å². The van der Waals surface area contributed by atoms with Crippen LogP contribution in [0.2, 0.25) is 0 Å². The lowest BCUT2D eigenvalue weighted by Gasteiger charge is -2.26. The molecule has 1 fully saturated rings. The van der Waals surface area contributed by atoms with Gasteiger partial charge >= 0.3 is 0 Å². The fourth-order valence-electron chi connectivity index (χ4n) is 4.99. The summed E-state index contributed by atoms with van der Waals surface area (Å²) < 4.78 is 22.8. The molecule has 8 heteroatoms. The van der Waals surface area contributed by atoms with Crippen molar-refractivity contribution >= 4 is 17.4 Å². The number of aliphatic hydroxyl groups is 1. The van der Waals surface area contributed by atoms with Crippen LogP contribution in [0.4, 0.5) is 0 Å². The zero-order valence-electron chi connectivity index (χ0n) is 22.6. The van der Waals surface area contributed by atoms with E-state index in [2.05, 4.69) is 6.92 Å². The summed E-state index contributed by atoms with van der Waals surface area (Å²) in [4.78, 5) is 27.9. The molecule has 1 saturated heterocycles. The summed E-state index contributed by atoms with van der Waals surface area (Å²) in [7, 11) is 1.54. The van der Waals surface area contributed by atoms with Crippen LogP contribution in [0.1, 0.15) is 62.8 Å². The molecule has 2 heterocycles. The third-order valence-corrected chi connectivity index (χ3v) is 6.83. The van der Waals surface area contributed by atoms with Crippen LogP contribution in [0.5, 0.6) is 17.2 Å². The molecule has 2 aromatic carbocycles. The Hall–Kier alpha value is -3.52. The zero-order valence-corrected chi connectivity index (χ0v) is 22.6. The van der Waals surface area contributed by atoms with Crippen molar-refractivity contribution in [3.63, 3.8) is 0 Å². The standard InChI is InChI=1S/C30H37NO7/c1-5-7-8-14-37-24-12-9-20(18-25(24)36-6-2)27-26(29(33)30(34)31(27)13-15-35-4)28(32)21-10-11-23-22(17-21)16-19(3)38-23/h9-12,17-19,27,32H,5-8,13-16H2,1-4H3/b28-26-. The minimum Gasteiger partial charge on any atom is -0.507 e. The first-order valence-corrected chi connectivity index (χ1v) is 13.4. The van der Waals surface area contributed by atoms with E-state index >= 15 is 0 Å². The average Bonchev–Trinajstić information content (AvgIpc) is 3.41. The van der Waals surface area contributed by atoms with Gasteiger partial charge in [0.1, 0.15) is 17.6 Å². The molecule has 4 rings (SSSR count). The Labute approximate surface area is 224 Å². The van der Waals surface area contributed by atoms with E-state index in [1.807, 2.05) is 26.0 Å². The minimum atomic E-state index is -0.804. The number of ketones is 1. The van der Waals surface area contributed by atoms with Gasteiger partial charge in [-0.3, -0.25) is 9.59 Å². The van der Waals surface area contributed by atoms with E-state index in [-0.39, 0.29) is 30.6 Å². The highest BCUT2D eigenvalue weighted by Crippen LogP contribution is 2.42. The number of hydrogen-bond donors (Lipinski definition) is 1.